The third kappa shape index (κ3) is 3.65. The Kier molecular flexibility index (Phi) is 6.32. The number of halogens is 8. The maximum absolute atomic E-state index is 14.3. The van der Waals surface area contributed by atoms with Crippen molar-refractivity contribution in [3.05, 3.63) is 68.8 Å². The Balaban J connectivity index is 2.80. The van der Waals surface area contributed by atoms with E-state index in [0.717, 1.165) is 18.2 Å². The summed E-state index contributed by atoms with van der Waals surface area (Å²) in [5, 5.41) is 26.4. The van der Waals surface area contributed by atoms with Crippen LogP contribution >= 0.6 is 0 Å². The van der Waals surface area contributed by atoms with Crippen LogP contribution in [0, 0.1) is 80.5 Å². The van der Waals surface area contributed by atoms with E-state index in [2.05, 4.69) is 0 Å². The van der Waals surface area contributed by atoms with Gasteiger partial charge in [0.1, 0.15) is 29.5 Å². The number of rotatable bonds is 3. The first-order chi connectivity index (χ1) is 14.5. The average Bonchev–Trinajstić information content (AvgIpc) is 2.76. The highest BCUT2D eigenvalue weighted by atomic mass is 19.2. The fourth-order valence-electron chi connectivity index (χ4n) is 2.37. The van der Waals surface area contributed by atoms with Gasteiger partial charge in [-0.25, -0.2) is 35.1 Å². The summed E-state index contributed by atoms with van der Waals surface area (Å²) in [6, 6.07) is 3.32. The van der Waals surface area contributed by atoms with Crippen LogP contribution in [0.1, 0.15) is 16.7 Å². The lowest BCUT2D eigenvalue weighted by molar-refractivity contribution is 0.448. The van der Waals surface area contributed by atoms with Crippen LogP contribution in [0.5, 0.6) is 0 Å². The number of anilines is 1. The first-order valence-electron chi connectivity index (χ1n) is 7.63. The molecule has 2 aromatic carbocycles. The Morgan fingerprint density at radius 3 is 1.26 bits per heavy atom. The van der Waals surface area contributed by atoms with Crippen LogP contribution < -0.4 is 5.73 Å². The number of hydrogen-bond acceptors (Lipinski definition) is 4. The quantitative estimate of drug-likeness (QED) is 0.242. The molecule has 0 radical (unpaired) electrons. The van der Waals surface area contributed by atoms with Crippen molar-refractivity contribution in [2.75, 3.05) is 5.73 Å². The van der Waals surface area contributed by atoms with Gasteiger partial charge in [-0.3, -0.25) is 0 Å². The minimum atomic E-state index is -2.21. The second kappa shape index (κ2) is 8.56. The second-order valence-electron chi connectivity index (χ2n) is 5.55. The van der Waals surface area contributed by atoms with E-state index >= 15 is 0 Å². The molecule has 2 N–H and O–H groups in total. The number of nitrogens with zero attached hydrogens (tertiary/aromatic N) is 3. The zero-order valence-corrected chi connectivity index (χ0v) is 14.6. The first-order valence-corrected chi connectivity index (χ1v) is 7.63. The molecule has 12 heteroatoms. The molecule has 0 fully saturated rings. The molecule has 0 aromatic heterocycles. The SMILES string of the molecule is N#CC(C#N)=C(C#N)c1c(F)c(F)c(/C=C/c2c(F)c(F)c(N)c(F)c2F)c(F)c1F. The Labute approximate surface area is 168 Å². The number of allylic oxidation sites excluding steroid dienone is 2. The summed E-state index contributed by atoms with van der Waals surface area (Å²) in [6.07, 6.45) is 0.162. The number of nitrogen functional groups attached to an aromatic ring is 1. The number of nitriles is 3. The standard InChI is InChI=1S/C19H4F8N4/c20-11-7(1-2-8-13(22)17(26)19(31)18(27)14(8)23)12(21)16(25)10(15(11)24)9(5-30)6(3-28)4-29/h1-2H,31H2/b2-1+. The van der Waals surface area contributed by atoms with Gasteiger partial charge in [0.2, 0.25) is 0 Å². The van der Waals surface area contributed by atoms with Crippen molar-refractivity contribution in [2.24, 2.45) is 0 Å². The molecular formula is C19H4F8N4. The molecule has 31 heavy (non-hydrogen) atoms. The van der Waals surface area contributed by atoms with E-state index in [0.29, 0.717) is 0 Å². The first kappa shape index (κ1) is 22.9. The minimum Gasteiger partial charge on any atom is -0.394 e. The highest BCUT2D eigenvalue weighted by Gasteiger charge is 2.29. The minimum absolute atomic E-state index is 0.0719. The molecule has 0 saturated heterocycles. The molecule has 2 aromatic rings. The molecule has 0 aliphatic carbocycles. The third-order valence-electron chi connectivity index (χ3n) is 3.88. The molecule has 0 aliphatic rings. The molecule has 0 atom stereocenters. The van der Waals surface area contributed by atoms with Gasteiger partial charge in [0, 0.05) is 0 Å². The highest BCUT2D eigenvalue weighted by Crippen LogP contribution is 2.32. The van der Waals surface area contributed by atoms with Crippen molar-refractivity contribution in [3.8, 4) is 18.2 Å². The summed E-state index contributed by atoms with van der Waals surface area (Å²) in [5.41, 5.74) is -3.92. The monoisotopic (exact) mass is 440 g/mol. The van der Waals surface area contributed by atoms with Crippen LogP contribution in [-0.2, 0) is 0 Å². The lowest BCUT2D eigenvalue weighted by atomic mass is 9.97. The van der Waals surface area contributed by atoms with Crippen molar-refractivity contribution in [1.82, 2.24) is 0 Å². The van der Waals surface area contributed by atoms with Gasteiger partial charge in [-0.15, -0.1) is 0 Å². The Hall–Kier alpha value is -4.37. The van der Waals surface area contributed by atoms with Crippen LogP contribution in [0.15, 0.2) is 5.57 Å². The second-order valence-corrected chi connectivity index (χ2v) is 5.55. The summed E-state index contributed by atoms with van der Waals surface area (Å²) < 4.78 is 112. The lowest BCUT2D eigenvalue weighted by Crippen LogP contribution is -2.07. The van der Waals surface area contributed by atoms with E-state index in [1.807, 2.05) is 0 Å². The third-order valence-corrected chi connectivity index (χ3v) is 3.88. The van der Waals surface area contributed by atoms with Crippen molar-refractivity contribution < 1.29 is 35.1 Å². The van der Waals surface area contributed by atoms with Gasteiger partial charge >= 0.3 is 0 Å². The van der Waals surface area contributed by atoms with Crippen LogP contribution in [0.25, 0.3) is 17.7 Å². The van der Waals surface area contributed by atoms with Crippen LogP contribution in [0.3, 0.4) is 0 Å². The molecule has 0 spiro atoms. The van der Waals surface area contributed by atoms with Crippen LogP contribution in [0.4, 0.5) is 40.8 Å². The fraction of sp³-hybridized carbons (Fsp3) is 0. The van der Waals surface area contributed by atoms with Gasteiger partial charge in [0.05, 0.1) is 22.3 Å². The Morgan fingerprint density at radius 1 is 0.581 bits per heavy atom. The predicted molar refractivity (Wildman–Crippen MR) is 89.6 cm³/mol. The molecule has 0 aliphatic heterocycles. The van der Waals surface area contributed by atoms with E-state index in [1.165, 1.54) is 0 Å². The van der Waals surface area contributed by atoms with Gasteiger partial charge in [0.25, 0.3) is 0 Å². The summed E-state index contributed by atoms with van der Waals surface area (Å²) in [6.45, 7) is 0. The molecule has 0 bridgehead atoms. The lowest BCUT2D eigenvalue weighted by Gasteiger charge is -2.10. The highest BCUT2D eigenvalue weighted by molar-refractivity contribution is 5.85. The zero-order chi connectivity index (χ0) is 23.6. The average molecular weight is 440 g/mol. The Morgan fingerprint density at radius 2 is 0.935 bits per heavy atom. The molecule has 0 saturated carbocycles. The smallest absolute Gasteiger partial charge is 0.185 e. The van der Waals surface area contributed by atoms with Crippen molar-refractivity contribution in [2.45, 2.75) is 0 Å². The number of nitrogens with two attached hydrogens (primary N) is 1. The van der Waals surface area contributed by atoms with Crippen LogP contribution in [0.2, 0.25) is 0 Å². The summed E-state index contributed by atoms with van der Waals surface area (Å²) in [7, 11) is 0. The van der Waals surface area contributed by atoms with Gasteiger partial charge in [-0.2, -0.15) is 15.8 Å². The van der Waals surface area contributed by atoms with Gasteiger partial charge in [0.15, 0.2) is 46.5 Å². The predicted octanol–water partition coefficient (Wildman–Crippen LogP) is 4.88. The van der Waals surface area contributed by atoms with E-state index in [4.69, 9.17) is 21.5 Å². The van der Waals surface area contributed by atoms with Gasteiger partial charge < -0.3 is 5.73 Å². The summed E-state index contributed by atoms with van der Waals surface area (Å²) in [4.78, 5) is 0. The normalized spacial score (nSPS) is 10.5. The summed E-state index contributed by atoms with van der Waals surface area (Å²) >= 11 is 0. The van der Waals surface area contributed by atoms with E-state index in [-0.39, 0.29) is 12.2 Å². The molecule has 0 unspecified atom stereocenters. The van der Waals surface area contributed by atoms with E-state index in [9.17, 15) is 35.1 Å². The van der Waals surface area contributed by atoms with Crippen molar-refractivity contribution in [3.63, 3.8) is 0 Å². The summed E-state index contributed by atoms with van der Waals surface area (Å²) in [5.74, 6) is -16.9. The Bertz CT molecular complexity index is 1230. The number of hydrogen-bond donors (Lipinski definition) is 1. The maximum atomic E-state index is 14.3. The number of benzene rings is 2. The van der Waals surface area contributed by atoms with Crippen molar-refractivity contribution in [1.29, 1.82) is 15.8 Å². The molecule has 0 amide bonds. The molecular weight excluding hydrogens is 436 g/mol. The maximum Gasteiger partial charge on any atom is 0.185 e. The van der Waals surface area contributed by atoms with E-state index < -0.39 is 80.1 Å². The van der Waals surface area contributed by atoms with Gasteiger partial charge in [-0.05, 0) is 12.2 Å². The molecule has 4 nitrogen and oxygen atoms in total. The molecule has 0 heterocycles. The van der Waals surface area contributed by atoms with Gasteiger partial charge in [-0.1, -0.05) is 0 Å². The van der Waals surface area contributed by atoms with Crippen molar-refractivity contribution >= 4 is 23.4 Å². The fourth-order valence-corrected chi connectivity index (χ4v) is 2.37. The zero-order valence-electron chi connectivity index (χ0n) is 14.6. The topological polar surface area (TPSA) is 97.4 Å². The molecule has 2 rings (SSSR count). The molecule has 156 valence electrons. The largest absolute Gasteiger partial charge is 0.394 e. The van der Waals surface area contributed by atoms with Crippen LogP contribution in [-0.4, -0.2) is 0 Å². The van der Waals surface area contributed by atoms with E-state index in [1.54, 1.807) is 0 Å².